The molecule has 1 saturated heterocycles. The molecule has 1 amide bonds. The standard InChI is InChI=1S/C15H18N2O2/c1-19-13-7-9-17(10-8-13)15(18)14(11-16)12-5-3-2-4-6-12/h2-6,13-14H,7-10H2,1H3. The number of hydrogen-bond acceptors (Lipinski definition) is 3. The first-order chi connectivity index (χ1) is 9.26. The van der Waals surface area contributed by atoms with Gasteiger partial charge < -0.3 is 9.64 Å². The van der Waals surface area contributed by atoms with Crippen molar-refractivity contribution in [3.05, 3.63) is 35.9 Å². The summed E-state index contributed by atoms with van der Waals surface area (Å²) in [6.45, 7) is 1.34. The fourth-order valence-corrected chi connectivity index (χ4v) is 2.41. The van der Waals surface area contributed by atoms with E-state index < -0.39 is 5.92 Å². The fraction of sp³-hybridized carbons (Fsp3) is 0.467. The Balaban J connectivity index is 2.05. The van der Waals surface area contributed by atoms with E-state index in [1.807, 2.05) is 30.3 Å². The van der Waals surface area contributed by atoms with E-state index in [9.17, 15) is 10.1 Å². The van der Waals surface area contributed by atoms with Crippen LogP contribution in [0.4, 0.5) is 0 Å². The monoisotopic (exact) mass is 258 g/mol. The summed E-state index contributed by atoms with van der Waals surface area (Å²) in [6, 6.07) is 11.4. The predicted octanol–water partition coefficient (Wildman–Crippen LogP) is 1.93. The van der Waals surface area contributed by atoms with Crippen LogP contribution in [0.1, 0.15) is 24.3 Å². The van der Waals surface area contributed by atoms with Gasteiger partial charge in [0.25, 0.3) is 0 Å². The molecule has 1 aromatic rings. The Bertz CT molecular complexity index is 459. The van der Waals surface area contributed by atoms with E-state index in [1.54, 1.807) is 12.0 Å². The number of carbonyl (C=O) groups excluding carboxylic acids is 1. The van der Waals surface area contributed by atoms with Gasteiger partial charge in [0.1, 0.15) is 5.92 Å². The molecule has 1 atom stereocenters. The van der Waals surface area contributed by atoms with Gasteiger partial charge in [0.15, 0.2) is 0 Å². The second-order valence-electron chi connectivity index (χ2n) is 4.73. The van der Waals surface area contributed by atoms with Gasteiger partial charge >= 0.3 is 0 Å². The van der Waals surface area contributed by atoms with E-state index in [0.29, 0.717) is 13.1 Å². The summed E-state index contributed by atoms with van der Waals surface area (Å²) >= 11 is 0. The van der Waals surface area contributed by atoms with Crippen LogP contribution in [0.5, 0.6) is 0 Å². The quantitative estimate of drug-likeness (QED) is 0.832. The Kier molecular flexibility index (Phi) is 4.53. The zero-order valence-electron chi connectivity index (χ0n) is 11.1. The number of nitriles is 1. The van der Waals surface area contributed by atoms with E-state index in [-0.39, 0.29) is 12.0 Å². The van der Waals surface area contributed by atoms with Crippen molar-refractivity contribution < 1.29 is 9.53 Å². The molecule has 4 heteroatoms. The lowest BCUT2D eigenvalue weighted by molar-refractivity contribution is -0.133. The van der Waals surface area contributed by atoms with Gasteiger partial charge in [-0.2, -0.15) is 5.26 Å². The van der Waals surface area contributed by atoms with E-state index in [2.05, 4.69) is 6.07 Å². The van der Waals surface area contributed by atoms with Gasteiger partial charge in [-0.1, -0.05) is 30.3 Å². The second-order valence-corrected chi connectivity index (χ2v) is 4.73. The van der Waals surface area contributed by atoms with Crippen molar-refractivity contribution in [3.63, 3.8) is 0 Å². The van der Waals surface area contributed by atoms with Crippen molar-refractivity contribution in [1.82, 2.24) is 4.90 Å². The molecule has 1 heterocycles. The highest BCUT2D eigenvalue weighted by Gasteiger charge is 2.29. The van der Waals surface area contributed by atoms with Gasteiger partial charge in [-0.15, -0.1) is 0 Å². The van der Waals surface area contributed by atoms with Crippen molar-refractivity contribution in [2.24, 2.45) is 0 Å². The summed E-state index contributed by atoms with van der Waals surface area (Å²) in [5.41, 5.74) is 0.767. The molecule has 4 nitrogen and oxygen atoms in total. The third-order valence-corrected chi connectivity index (χ3v) is 3.60. The maximum absolute atomic E-state index is 12.4. The molecule has 0 aliphatic carbocycles. The highest BCUT2D eigenvalue weighted by Crippen LogP contribution is 2.21. The van der Waals surface area contributed by atoms with Crippen LogP contribution in [-0.2, 0) is 9.53 Å². The molecular formula is C15H18N2O2. The molecular weight excluding hydrogens is 240 g/mol. The van der Waals surface area contributed by atoms with E-state index >= 15 is 0 Å². The molecule has 0 bridgehead atoms. The van der Waals surface area contributed by atoms with Crippen LogP contribution < -0.4 is 0 Å². The van der Waals surface area contributed by atoms with Gasteiger partial charge in [-0.3, -0.25) is 4.79 Å². The Morgan fingerprint density at radius 1 is 1.37 bits per heavy atom. The molecule has 0 aromatic heterocycles. The number of amides is 1. The van der Waals surface area contributed by atoms with Crippen molar-refractivity contribution in [2.75, 3.05) is 20.2 Å². The molecule has 1 aromatic carbocycles. The molecule has 1 unspecified atom stereocenters. The van der Waals surface area contributed by atoms with Crippen LogP contribution in [0.15, 0.2) is 30.3 Å². The average Bonchev–Trinajstić information content (AvgIpc) is 2.49. The number of benzene rings is 1. The van der Waals surface area contributed by atoms with E-state index in [0.717, 1.165) is 18.4 Å². The minimum absolute atomic E-state index is 0.0942. The van der Waals surface area contributed by atoms with Gasteiger partial charge in [-0.05, 0) is 18.4 Å². The van der Waals surface area contributed by atoms with E-state index in [4.69, 9.17) is 4.74 Å². The minimum atomic E-state index is -0.694. The third-order valence-electron chi connectivity index (χ3n) is 3.60. The zero-order chi connectivity index (χ0) is 13.7. The van der Waals surface area contributed by atoms with Gasteiger partial charge in [0.2, 0.25) is 5.91 Å². The Morgan fingerprint density at radius 3 is 2.53 bits per heavy atom. The summed E-state index contributed by atoms with van der Waals surface area (Å²) in [4.78, 5) is 14.2. The number of nitrogens with zero attached hydrogens (tertiary/aromatic N) is 2. The highest BCUT2D eigenvalue weighted by molar-refractivity contribution is 5.86. The largest absolute Gasteiger partial charge is 0.381 e. The fourth-order valence-electron chi connectivity index (χ4n) is 2.41. The highest BCUT2D eigenvalue weighted by atomic mass is 16.5. The van der Waals surface area contributed by atoms with Crippen LogP contribution in [0.25, 0.3) is 0 Å². The van der Waals surface area contributed by atoms with Crippen LogP contribution in [0, 0.1) is 11.3 Å². The second kappa shape index (κ2) is 6.35. The number of hydrogen-bond donors (Lipinski definition) is 0. The maximum atomic E-state index is 12.4. The van der Waals surface area contributed by atoms with Crippen molar-refractivity contribution in [3.8, 4) is 6.07 Å². The molecule has 0 spiro atoms. The van der Waals surface area contributed by atoms with E-state index in [1.165, 1.54) is 0 Å². The minimum Gasteiger partial charge on any atom is -0.381 e. The smallest absolute Gasteiger partial charge is 0.244 e. The average molecular weight is 258 g/mol. The van der Waals surface area contributed by atoms with Gasteiger partial charge in [0, 0.05) is 20.2 Å². The maximum Gasteiger partial charge on any atom is 0.244 e. The van der Waals surface area contributed by atoms with Crippen molar-refractivity contribution >= 4 is 5.91 Å². The molecule has 0 radical (unpaired) electrons. The number of carbonyl (C=O) groups is 1. The van der Waals surface area contributed by atoms with Crippen LogP contribution in [-0.4, -0.2) is 37.1 Å². The molecule has 19 heavy (non-hydrogen) atoms. The first-order valence-electron chi connectivity index (χ1n) is 6.52. The van der Waals surface area contributed by atoms with Crippen molar-refractivity contribution in [1.29, 1.82) is 5.26 Å². The number of methoxy groups -OCH3 is 1. The molecule has 0 saturated carbocycles. The molecule has 2 rings (SSSR count). The summed E-state index contributed by atoms with van der Waals surface area (Å²) in [6.07, 6.45) is 1.92. The number of likely N-dealkylation sites (tertiary alicyclic amines) is 1. The van der Waals surface area contributed by atoms with Crippen LogP contribution in [0.2, 0.25) is 0 Å². The number of piperidine rings is 1. The lowest BCUT2D eigenvalue weighted by Gasteiger charge is -2.32. The predicted molar refractivity (Wildman–Crippen MR) is 71.4 cm³/mol. The molecule has 1 aliphatic rings. The SMILES string of the molecule is COC1CCN(C(=O)C(C#N)c2ccccc2)CC1. The lowest BCUT2D eigenvalue weighted by Crippen LogP contribution is -2.42. The van der Waals surface area contributed by atoms with Gasteiger partial charge in [-0.25, -0.2) is 0 Å². The first kappa shape index (κ1) is 13.6. The van der Waals surface area contributed by atoms with Crippen LogP contribution >= 0.6 is 0 Å². The molecule has 0 N–H and O–H groups in total. The van der Waals surface area contributed by atoms with Gasteiger partial charge in [0.05, 0.1) is 12.2 Å². The summed E-state index contributed by atoms with van der Waals surface area (Å²) in [5, 5.41) is 9.26. The Hall–Kier alpha value is -1.86. The lowest BCUT2D eigenvalue weighted by atomic mass is 9.97. The summed E-state index contributed by atoms with van der Waals surface area (Å²) in [5.74, 6) is -0.788. The normalized spacial score (nSPS) is 17.8. The van der Waals surface area contributed by atoms with Crippen molar-refractivity contribution in [2.45, 2.75) is 24.9 Å². The first-order valence-corrected chi connectivity index (χ1v) is 6.52. The molecule has 1 fully saturated rings. The Morgan fingerprint density at radius 2 is 2.00 bits per heavy atom. The third kappa shape index (κ3) is 3.12. The summed E-state index contributed by atoms with van der Waals surface area (Å²) < 4.78 is 5.29. The zero-order valence-corrected chi connectivity index (χ0v) is 11.1. The number of rotatable bonds is 3. The van der Waals surface area contributed by atoms with Crippen LogP contribution in [0.3, 0.4) is 0 Å². The molecule has 100 valence electrons. The summed E-state index contributed by atoms with van der Waals surface area (Å²) in [7, 11) is 1.70. The molecule has 1 aliphatic heterocycles. The Labute approximate surface area is 113 Å². The topological polar surface area (TPSA) is 53.3 Å². The number of ether oxygens (including phenoxy) is 1.